The smallest absolute Gasteiger partial charge is 0.337 e. The summed E-state index contributed by atoms with van der Waals surface area (Å²) in [6.45, 7) is 1.91. The first-order valence-electron chi connectivity index (χ1n) is 6.74. The van der Waals surface area contributed by atoms with Crippen LogP contribution in [0.25, 0.3) is 0 Å². The summed E-state index contributed by atoms with van der Waals surface area (Å²) in [7, 11) is 1.31. The van der Waals surface area contributed by atoms with Gasteiger partial charge in [-0.2, -0.15) is 0 Å². The molecule has 0 atom stereocenters. The zero-order valence-electron chi connectivity index (χ0n) is 12.6. The SMILES string of the molecule is CCOCC(=O)OCC(=O)NCc1ccc(C(=O)OC)cc1. The van der Waals surface area contributed by atoms with Gasteiger partial charge < -0.3 is 19.5 Å². The highest BCUT2D eigenvalue weighted by molar-refractivity contribution is 5.89. The fraction of sp³-hybridized carbons (Fsp3) is 0.400. The van der Waals surface area contributed by atoms with Gasteiger partial charge in [-0.05, 0) is 24.6 Å². The Balaban J connectivity index is 2.32. The van der Waals surface area contributed by atoms with Crippen LogP contribution in [-0.2, 0) is 30.3 Å². The fourth-order valence-corrected chi connectivity index (χ4v) is 1.50. The molecule has 1 aromatic rings. The van der Waals surface area contributed by atoms with Crippen molar-refractivity contribution in [2.75, 3.05) is 26.9 Å². The zero-order chi connectivity index (χ0) is 16.4. The molecule has 7 nitrogen and oxygen atoms in total. The number of benzene rings is 1. The van der Waals surface area contributed by atoms with Crippen LogP contribution in [0.15, 0.2) is 24.3 Å². The average Bonchev–Trinajstić information content (AvgIpc) is 2.55. The molecule has 1 aromatic carbocycles. The summed E-state index contributed by atoms with van der Waals surface area (Å²) in [5.41, 5.74) is 1.24. The maximum atomic E-state index is 11.5. The second kappa shape index (κ2) is 9.51. The number of carbonyl (C=O) groups is 3. The number of methoxy groups -OCH3 is 1. The molecular weight excluding hydrogens is 290 g/mol. The van der Waals surface area contributed by atoms with Gasteiger partial charge in [-0.1, -0.05) is 12.1 Å². The Labute approximate surface area is 128 Å². The van der Waals surface area contributed by atoms with Crippen molar-refractivity contribution in [3.63, 3.8) is 0 Å². The minimum atomic E-state index is -0.584. The first-order valence-corrected chi connectivity index (χ1v) is 6.74. The largest absolute Gasteiger partial charge is 0.465 e. The summed E-state index contributed by atoms with van der Waals surface area (Å²) in [4.78, 5) is 33.9. The fourth-order valence-electron chi connectivity index (χ4n) is 1.50. The molecule has 22 heavy (non-hydrogen) atoms. The predicted octanol–water partition coefficient (Wildman–Crippen LogP) is 0.669. The van der Waals surface area contributed by atoms with E-state index in [9.17, 15) is 14.4 Å². The topological polar surface area (TPSA) is 90.9 Å². The Morgan fingerprint density at radius 1 is 1.09 bits per heavy atom. The molecule has 0 unspecified atom stereocenters. The first kappa shape index (κ1) is 17.6. The van der Waals surface area contributed by atoms with Crippen molar-refractivity contribution in [2.45, 2.75) is 13.5 Å². The van der Waals surface area contributed by atoms with E-state index in [1.165, 1.54) is 7.11 Å². The van der Waals surface area contributed by atoms with Gasteiger partial charge in [0, 0.05) is 13.2 Å². The van der Waals surface area contributed by atoms with Gasteiger partial charge in [-0.3, -0.25) is 4.79 Å². The molecule has 120 valence electrons. The van der Waals surface area contributed by atoms with Crippen molar-refractivity contribution in [1.82, 2.24) is 5.32 Å². The average molecular weight is 309 g/mol. The zero-order valence-corrected chi connectivity index (χ0v) is 12.6. The molecule has 0 bridgehead atoms. The summed E-state index contributed by atoms with van der Waals surface area (Å²) in [5, 5.41) is 2.60. The Bertz CT molecular complexity index is 511. The molecule has 0 radical (unpaired) electrons. The summed E-state index contributed by atoms with van der Waals surface area (Å²) in [5.74, 6) is -1.42. The maximum Gasteiger partial charge on any atom is 0.337 e. The molecule has 0 aliphatic carbocycles. The van der Waals surface area contributed by atoms with Gasteiger partial charge in [0.25, 0.3) is 5.91 Å². The molecular formula is C15H19NO6. The molecule has 0 saturated carbocycles. The van der Waals surface area contributed by atoms with E-state index in [1.807, 2.05) is 0 Å². The molecule has 1 rings (SSSR count). The van der Waals surface area contributed by atoms with Gasteiger partial charge >= 0.3 is 11.9 Å². The van der Waals surface area contributed by atoms with Crippen LogP contribution in [0.1, 0.15) is 22.8 Å². The van der Waals surface area contributed by atoms with Crippen LogP contribution in [0.5, 0.6) is 0 Å². The number of rotatable bonds is 8. The van der Waals surface area contributed by atoms with E-state index < -0.39 is 17.8 Å². The highest BCUT2D eigenvalue weighted by Crippen LogP contribution is 2.05. The standard InChI is InChI=1S/C15H19NO6/c1-3-21-10-14(18)22-9-13(17)16-8-11-4-6-12(7-5-11)15(19)20-2/h4-7H,3,8-10H2,1-2H3,(H,16,17). The van der Waals surface area contributed by atoms with Gasteiger partial charge in [0.15, 0.2) is 6.61 Å². The van der Waals surface area contributed by atoms with Crippen molar-refractivity contribution in [1.29, 1.82) is 0 Å². The highest BCUT2D eigenvalue weighted by atomic mass is 16.6. The van der Waals surface area contributed by atoms with Crippen LogP contribution in [0.4, 0.5) is 0 Å². The van der Waals surface area contributed by atoms with Gasteiger partial charge in [0.2, 0.25) is 0 Å². The van der Waals surface area contributed by atoms with Crippen LogP contribution < -0.4 is 5.32 Å². The van der Waals surface area contributed by atoms with Gasteiger partial charge in [0.05, 0.1) is 12.7 Å². The lowest BCUT2D eigenvalue weighted by Gasteiger charge is -2.07. The van der Waals surface area contributed by atoms with Crippen LogP contribution >= 0.6 is 0 Å². The molecule has 0 aromatic heterocycles. The Morgan fingerprint density at radius 2 is 1.77 bits per heavy atom. The van der Waals surface area contributed by atoms with E-state index in [0.717, 1.165) is 5.56 Å². The van der Waals surface area contributed by atoms with Crippen molar-refractivity contribution in [2.24, 2.45) is 0 Å². The summed E-state index contributed by atoms with van der Waals surface area (Å²) >= 11 is 0. The van der Waals surface area contributed by atoms with E-state index in [1.54, 1.807) is 31.2 Å². The second-order valence-corrected chi connectivity index (χ2v) is 4.26. The number of carbonyl (C=O) groups excluding carboxylic acids is 3. The highest BCUT2D eigenvalue weighted by Gasteiger charge is 2.08. The number of hydrogen-bond acceptors (Lipinski definition) is 6. The van der Waals surface area contributed by atoms with Crippen molar-refractivity contribution >= 4 is 17.8 Å². The van der Waals surface area contributed by atoms with E-state index >= 15 is 0 Å². The quantitative estimate of drug-likeness (QED) is 0.710. The van der Waals surface area contributed by atoms with E-state index in [-0.39, 0.29) is 19.8 Å². The lowest BCUT2D eigenvalue weighted by molar-refractivity contribution is -0.152. The van der Waals surface area contributed by atoms with Crippen LogP contribution in [0, 0.1) is 0 Å². The minimum Gasteiger partial charge on any atom is -0.465 e. The van der Waals surface area contributed by atoms with Crippen molar-refractivity contribution in [3.05, 3.63) is 35.4 Å². The van der Waals surface area contributed by atoms with Gasteiger partial charge in [-0.25, -0.2) is 9.59 Å². The number of esters is 2. The number of hydrogen-bond donors (Lipinski definition) is 1. The van der Waals surface area contributed by atoms with E-state index in [0.29, 0.717) is 12.2 Å². The Kier molecular flexibility index (Phi) is 7.63. The lowest BCUT2D eigenvalue weighted by atomic mass is 10.1. The number of ether oxygens (including phenoxy) is 3. The number of nitrogens with one attached hydrogen (secondary N) is 1. The molecule has 0 saturated heterocycles. The van der Waals surface area contributed by atoms with Crippen LogP contribution in [0.2, 0.25) is 0 Å². The minimum absolute atomic E-state index is 0.168. The molecule has 0 heterocycles. The molecule has 0 fully saturated rings. The third-order valence-electron chi connectivity index (χ3n) is 2.65. The molecule has 1 amide bonds. The van der Waals surface area contributed by atoms with Crippen molar-refractivity contribution in [3.8, 4) is 0 Å². The van der Waals surface area contributed by atoms with E-state index in [4.69, 9.17) is 9.47 Å². The summed E-state index contributed by atoms with van der Waals surface area (Å²) in [6, 6.07) is 6.62. The van der Waals surface area contributed by atoms with Crippen LogP contribution in [0.3, 0.4) is 0 Å². The maximum absolute atomic E-state index is 11.5. The monoisotopic (exact) mass is 309 g/mol. The van der Waals surface area contributed by atoms with Gasteiger partial charge in [0.1, 0.15) is 6.61 Å². The van der Waals surface area contributed by atoms with E-state index in [2.05, 4.69) is 10.1 Å². The predicted molar refractivity (Wildman–Crippen MR) is 77.1 cm³/mol. The number of amides is 1. The molecule has 1 N–H and O–H groups in total. The lowest BCUT2D eigenvalue weighted by Crippen LogP contribution is -2.29. The second-order valence-electron chi connectivity index (χ2n) is 4.26. The molecule has 0 aliphatic heterocycles. The van der Waals surface area contributed by atoms with Crippen molar-refractivity contribution < 1.29 is 28.6 Å². The molecule has 0 aliphatic rings. The Morgan fingerprint density at radius 3 is 2.36 bits per heavy atom. The van der Waals surface area contributed by atoms with Gasteiger partial charge in [-0.15, -0.1) is 0 Å². The molecule has 7 heteroatoms. The third kappa shape index (κ3) is 6.36. The third-order valence-corrected chi connectivity index (χ3v) is 2.65. The first-order chi connectivity index (χ1) is 10.6. The Hall–Kier alpha value is -2.41. The molecule has 0 spiro atoms. The summed E-state index contributed by atoms with van der Waals surface area (Å²) in [6.07, 6.45) is 0. The normalized spacial score (nSPS) is 9.91. The van der Waals surface area contributed by atoms with Crippen LogP contribution in [-0.4, -0.2) is 44.8 Å². The summed E-state index contributed by atoms with van der Waals surface area (Å²) < 4.78 is 14.2.